The molecule has 0 heterocycles. The van der Waals surface area contributed by atoms with Gasteiger partial charge in [0, 0.05) is 0 Å². The summed E-state index contributed by atoms with van der Waals surface area (Å²) in [7, 11) is 2.05. The summed E-state index contributed by atoms with van der Waals surface area (Å²) in [5.74, 6) is 1.02. The normalized spacial score (nSPS) is 12.9. The molecule has 1 unspecified atom stereocenters. The van der Waals surface area contributed by atoms with E-state index in [0.717, 1.165) is 5.92 Å². The maximum Gasteiger partial charge on any atom is -0.00519 e. The molecule has 17 heavy (non-hydrogen) atoms. The molecule has 0 radical (unpaired) electrons. The van der Waals surface area contributed by atoms with Crippen molar-refractivity contribution in [3.8, 4) is 0 Å². The van der Waals surface area contributed by atoms with Crippen LogP contribution in [0.25, 0.3) is 0 Å². The Balaban J connectivity index is 3.56. The summed E-state index contributed by atoms with van der Waals surface area (Å²) in [4.78, 5) is 0. The molecule has 0 aliphatic heterocycles. The summed E-state index contributed by atoms with van der Waals surface area (Å²) in [6.07, 6.45) is 15.7. The van der Waals surface area contributed by atoms with Crippen molar-refractivity contribution in [2.45, 2.75) is 84.5 Å². The molecule has 0 saturated carbocycles. The molecule has 0 bridgehead atoms. The largest absolute Gasteiger partial charge is 0.320 e. The zero-order chi connectivity index (χ0) is 12.8. The summed E-state index contributed by atoms with van der Waals surface area (Å²) in [5, 5.41) is 3.24. The van der Waals surface area contributed by atoms with E-state index < -0.39 is 0 Å². The Hall–Kier alpha value is -0.0400. The van der Waals surface area contributed by atoms with E-state index in [-0.39, 0.29) is 0 Å². The predicted octanol–water partition coefficient (Wildman–Crippen LogP) is 5.15. The van der Waals surface area contributed by atoms with Crippen molar-refractivity contribution in [3.63, 3.8) is 0 Å². The molecule has 0 aromatic rings. The summed E-state index contributed by atoms with van der Waals surface area (Å²) < 4.78 is 0. The Bertz CT molecular complexity index is 121. The number of nitrogens with one attached hydrogen (secondary N) is 1. The van der Waals surface area contributed by atoms with Crippen molar-refractivity contribution >= 4 is 0 Å². The molecular formula is C16H35N. The Morgan fingerprint density at radius 1 is 0.706 bits per heavy atom. The van der Waals surface area contributed by atoms with E-state index in [1.807, 2.05) is 0 Å². The van der Waals surface area contributed by atoms with Crippen LogP contribution in [0.3, 0.4) is 0 Å². The third kappa shape index (κ3) is 12.2. The van der Waals surface area contributed by atoms with Crippen molar-refractivity contribution in [2.75, 3.05) is 13.6 Å². The fourth-order valence-corrected chi connectivity index (χ4v) is 2.52. The summed E-state index contributed by atoms with van der Waals surface area (Å²) in [5.41, 5.74) is 0. The van der Waals surface area contributed by atoms with Gasteiger partial charge in [-0.25, -0.2) is 0 Å². The molecule has 1 heteroatoms. The van der Waals surface area contributed by atoms with E-state index in [9.17, 15) is 0 Å². The van der Waals surface area contributed by atoms with Crippen LogP contribution in [0.1, 0.15) is 84.5 Å². The average molecular weight is 241 g/mol. The number of unbranched alkanes of at least 4 members (excludes halogenated alkanes) is 5. The number of rotatable bonds is 13. The zero-order valence-corrected chi connectivity index (χ0v) is 12.6. The zero-order valence-electron chi connectivity index (χ0n) is 12.6. The molecule has 1 N–H and O–H groups in total. The smallest absolute Gasteiger partial charge is 0.00519 e. The van der Waals surface area contributed by atoms with Crippen LogP contribution in [-0.2, 0) is 0 Å². The van der Waals surface area contributed by atoms with Gasteiger partial charge in [-0.1, -0.05) is 78.1 Å². The maximum atomic E-state index is 3.24. The van der Waals surface area contributed by atoms with Gasteiger partial charge in [0.15, 0.2) is 0 Å². The second-order valence-electron chi connectivity index (χ2n) is 5.46. The second kappa shape index (κ2) is 14.0. The van der Waals surface area contributed by atoms with Gasteiger partial charge in [0.1, 0.15) is 0 Å². The first-order valence-electron chi connectivity index (χ1n) is 7.99. The Morgan fingerprint density at radius 3 is 1.88 bits per heavy atom. The molecule has 0 rings (SSSR count). The highest BCUT2D eigenvalue weighted by Gasteiger charge is 2.07. The van der Waals surface area contributed by atoms with Crippen LogP contribution in [0.2, 0.25) is 0 Å². The topological polar surface area (TPSA) is 12.0 Å². The molecule has 1 atom stereocenters. The van der Waals surface area contributed by atoms with Crippen LogP contribution in [-0.4, -0.2) is 13.6 Å². The van der Waals surface area contributed by atoms with E-state index in [1.165, 1.54) is 77.2 Å². The lowest BCUT2D eigenvalue weighted by atomic mass is 9.90. The highest BCUT2D eigenvalue weighted by atomic mass is 14.8. The highest BCUT2D eigenvalue weighted by Crippen LogP contribution is 2.22. The van der Waals surface area contributed by atoms with Crippen LogP contribution >= 0.6 is 0 Å². The Labute approximate surface area is 110 Å². The van der Waals surface area contributed by atoms with Gasteiger partial charge in [0.2, 0.25) is 0 Å². The van der Waals surface area contributed by atoms with Crippen molar-refractivity contribution in [2.24, 2.45) is 5.92 Å². The van der Waals surface area contributed by atoms with Gasteiger partial charge in [0.25, 0.3) is 0 Å². The van der Waals surface area contributed by atoms with Crippen LogP contribution in [0.5, 0.6) is 0 Å². The summed E-state index contributed by atoms with van der Waals surface area (Å²) >= 11 is 0. The van der Waals surface area contributed by atoms with Crippen molar-refractivity contribution < 1.29 is 0 Å². The third-order valence-corrected chi connectivity index (χ3v) is 3.72. The fraction of sp³-hybridized carbons (Fsp3) is 1.00. The molecule has 0 fully saturated rings. The van der Waals surface area contributed by atoms with Gasteiger partial charge in [-0.2, -0.15) is 0 Å². The maximum absolute atomic E-state index is 3.24. The molecule has 0 aliphatic rings. The van der Waals surface area contributed by atoms with Crippen molar-refractivity contribution in [3.05, 3.63) is 0 Å². The molecule has 104 valence electrons. The number of hydrogen-bond acceptors (Lipinski definition) is 1. The van der Waals surface area contributed by atoms with E-state index in [0.29, 0.717) is 0 Å². The molecule has 0 aromatic heterocycles. The molecule has 0 spiro atoms. The lowest BCUT2D eigenvalue weighted by Crippen LogP contribution is -2.08. The van der Waals surface area contributed by atoms with Crippen LogP contribution in [0.4, 0.5) is 0 Å². The Kier molecular flexibility index (Phi) is 14.0. The first-order valence-corrected chi connectivity index (χ1v) is 7.99. The summed E-state index contributed by atoms with van der Waals surface area (Å²) in [6.45, 7) is 5.80. The van der Waals surface area contributed by atoms with Gasteiger partial charge in [-0.15, -0.1) is 0 Å². The number of hydrogen-bond donors (Lipinski definition) is 1. The minimum absolute atomic E-state index is 1.02. The van der Waals surface area contributed by atoms with Gasteiger partial charge >= 0.3 is 0 Å². The second-order valence-corrected chi connectivity index (χ2v) is 5.46. The third-order valence-electron chi connectivity index (χ3n) is 3.72. The molecule has 1 nitrogen and oxygen atoms in total. The summed E-state index contributed by atoms with van der Waals surface area (Å²) in [6, 6.07) is 0. The average Bonchev–Trinajstić information content (AvgIpc) is 2.35. The van der Waals surface area contributed by atoms with Gasteiger partial charge in [-0.05, 0) is 25.9 Å². The van der Waals surface area contributed by atoms with Crippen molar-refractivity contribution in [1.82, 2.24) is 5.32 Å². The highest BCUT2D eigenvalue weighted by molar-refractivity contribution is 4.61. The predicted molar refractivity (Wildman–Crippen MR) is 79.6 cm³/mol. The SMILES string of the molecule is CCCCCCC(CCCC)CCCCNC. The van der Waals surface area contributed by atoms with Gasteiger partial charge in [0.05, 0.1) is 0 Å². The van der Waals surface area contributed by atoms with Crippen LogP contribution < -0.4 is 5.32 Å². The van der Waals surface area contributed by atoms with Crippen molar-refractivity contribution in [1.29, 1.82) is 0 Å². The monoisotopic (exact) mass is 241 g/mol. The lowest BCUT2D eigenvalue weighted by Gasteiger charge is -2.16. The molecule has 0 aliphatic carbocycles. The quantitative estimate of drug-likeness (QED) is 0.440. The molecular weight excluding hydrogens is 206 g/mol. The molecule has 0 saturated heterocycles. The minimum Gasteiger partial charge on any atom is -0.320 e. The standard InChI is InChI=1S/C16H35N/c1-4-6-8-9-13-16(12-7-5-2)14-10-11-15-17-3/h16-17H,4-15H2,1-3H3. The van der Waals surface area contributed by atoms with E-state index in [4.69, 9.17) is 0 Å². The first-order chi connectivity index (χ1) is 8.35. The van der Waals surface area contributed by atoms with Gasteiger partial charge in [-0.3, -0.25) is 0 Å². The van der Waals surface area contributed by atoms with E-state index in [2.05, 4.69) is 26.2 Å². The Morgan fingerprint density at radius 2 is 1.29 bits per heavy atom. The van der Waals surface area contributed by atoms with Crippen LogP contribution in [0.15, 0.2) is 0 Å². The van der Waals surface area contributed by atoms with E-state index in [1.54, 1.807) is 0 Å². The van der Waals surface area contributed by atoms with Crippen LogP contribution in [0, 0.1) is 5.92 Å². The first kappa shape index (κ1) is 17.0. The lowest BCUT2D eigenvalue weighted by molar-refractivity contribution is 0.374. The minimum atomic E-state index is 1.02. The molecule has 0 aromatic carbocycles. The fourth-order valence-electron chi connectivity index (χ4n) is 2.52. The van der Waals surface area contributed by atoms with Gasteiger partial charge < -0.3 is 5.32 Å². The molecule has 0 amide bonds. The van der Waals surface area contributed by atoms with E-state index >= 15 is 0 Å².